The van der Waals surface area contributed by atoms with Gasteiger partial charge in [-0.2, -0.15) is 0 Å². The van der Waals surface area contributed by atoms with Crippen LogP contribution in [0.4, 0.5) is 5.69 Å². The van der Waals surface area contributed by atoms with E-state index in [9.17, 15) is 4.79 Å². The molecule has 150 valence electrons. The molecule has 0 amide bonds. The highest BCUT2D eigenvalue weighted by Crippen LogP contribution is 2.31. The number of nitrogens with zero attached hydrogens (tertiary/aromatic N) is 2. The number of carbonyl (C=O) groups is 1. The first-order valence-corrected chi connectivity index (χ1v) is 10.7. The van der Waals surface area contributed by atoms with E-state index in [1.54, 1.807) is 0 Å². The van der Waals surface area contributed by atoms with Gasteiger partial charge in [0.1, 0.15) is 0 Å². The second-order valence-electron chi connectivity index (χ2n) is 7.57. The minimum atomic E-state index is -0.591. The van der Waals surface area contributed by atoms with Gasteiger partial charge in [-0.15, -0.1) is 0 Å². The first kappa shape index (κ1) is 20.9. The van der Waals surface area contributed by atoms with E-state index >= 15 is 0 Å². The van der Waals surface area contributed by atoms with Crippen molar-refractivity contribution in [3.63, 3.8) is 0 Å². The van der Waals surface area contributed by atoms with Gasteiger partial charge >= 0.3 is 5.97 Å². The van der Waals surface area contributed by atoms with Crippen molar-refractivity contribution < 1.29 is 9.53 Å². The maximum Gasteiger partial charge on any atom is 0.315 e. The summed E-state index contributed by atoms with van der Waals surface area (Å²) in [5, 5.41) is 0. The molecule has 1 unspecified atom stereocenters. The molecule has 4 nitrogen and oxygen atoms in total. The van der Waals surface area contributed by atoms with Crippen LogP contribution < -0.4 is 4.90 Å². The molecule has 0 radical (unpaired) electrons. The van der Waals surface area contributed by atoms with Crippen molar-refractivity contribution in [1.29, 1.82) is 0 Å². The summed E-state index contributed by atoms with van der Waals surface area (Å²) in [5.41, 5.74) is 1.71. The fourth-order valence-corrected chi connectivity index (χ4v) is 4.51. The van der Waals surface area contributed by atoms with E-state index in [4.69, 9.17) is 4.74 Å². The van der Waals surface area contributed by atoms with Gasteiger partial charge in [0.05, 0.1) is 18.2 Å². The van der Waals surface area contributed by atoms with E-state index in [0.29, 0.717) is 0 Å². The third-order valence-corrected chi connectivity index (χ3v) is 6.43. The highest BCUT2D eigenvalue weighted by atomic mass is 79.9. The molecule has 0 saturated carbocycles. The molecule has 1 aliphatic heterocycles. The molecule has 0 N–H and O–H groups in total. The number of halogens is 1. The topological polar surface area (TPSA) is 32.8 Å². The normalized spacial score (nSPS) is 17.2. The monoisotopic (exact) mass is 444 g/mol. The summed E-state index contributed by atoms with van der Waals surface area (Å²) in [6, 6.07) is 18.4. The molecule has 1 heterocycles. The number of rotatable bonds is 7. The Labute approximate surface area is 176 Å². The molecule has 0 aromatic heterocycles. The molecule has 2 aromatic rings. The van der Waals surface area contributed by atoms with Gasteiger partial charge in [-0.25, -0.2) is 0 Å². The highest BCUT2D eigenvalue weighted by Gasteiger charge is 2.35. The smallest absolute Gasteiger partial charge is 0.315 e. The third-order valence-electron chi connectivity index (χ3n) is 5.76. The molecule has 0 aliphatic carbocycles. The average Bonchev–Trinajstić information content (AvgIpc) is 2.74. The summed E-state index contributed by atoms with van der Waals surface area (Å²) in [5.74, 6) is -0.155. The van der Waals surface area contributed by atoms with E-state index in [1.165, 1.54) is 12.8 Å². The number of methoxy groups -OCH3 is 1. The van der Waals surface area contributed by atoms with Gasteiger partial charge in [0.2, 0.25) is 0 Å². The Morgan fingerprint density at radius 2 is 1.68 bits per heavy atom. The summed E-state index contributed by atoms with van der Waals surface area (Å²) in [7, 11) is 1.48. The Bertz CT molecular complexity index is 775. The van der Waals surface area contributed by atoms with Crippen molar-refractivity contribution in [2.75, 3.05) is 44.7 Å². The van der Waals surface area contributed by atoms with Crippen LogP contribution in [0, 0.1) is 0 Å². The second kappa shape index (κ2) is 9.57. The first-order valence-electron chi connectivity index (χ1n) is 9.90. The number of piperazine rings is 1. The molecule has 5 heteroatoms. The van der Waals surface area contributed by atoms with Gasteiger partial charge in [-0.1, -0.05) is 42.5 Å². The fraction of sp³-hybridized carbons (Fsp3) is 0.435. The Morgan fingerprint density at radius 1 is 1.04 bits per heavy atom. The van der Waals surface area contributed by atoms with Crippen LogP contribution in [0.25, 0.3) is 0 Å². The number of anilines is 1. The van der Waals surface area contributed by atoms with Gasteiger partial charge in [0.15, 0.2) is 0 Å². The van der Waals surface area contributed by atoms with Crippen molar-refractivity contribution in [3.05, 3.63) is 64.6 Å². The van der Waals surface area contributed by atoms with E-state index in [1.807, 2.05) is 37.3 Å². The summed E-state index contributed by atoms with van der Waals surface area (Å²) in [6.07, 6.45) is 1.75. The van der Waals surface area contributed by atoms with Gasteiger partial charge in [0, 0.05) is 30.7 Å². The maximum atomic E-state index is 12.5. The van der Waals surface area contributed by atoms with Crippen LogP contribution in [0.1, 0.15) is 25.3 Å². The largest absolute Gasteiger partial charge is 0.468 e. The molecule has 3 rings (SSSR count). The molecule has 0 bridgehead atoms. The van der Waals surface area contributed by atoms with Crippen molar-refractivity contribution in [2.24, 2.45) is 0 Å². The molecular weight excluding hydrogens is 416 g/mol. The quantitative estimate of drug-likeness (QED) is 0.589. The Hall–Kier alpha value is -1.85. The lowest BCUT2D eigenvalue weighted by Gasteiger charge is -2.37. The predicted molar refractivity (Wildman–Crippen MR) is 118 cm³/mol. The van der Waals surface area contributed by atoms with E-state index in [-0.39, 0.29) is 5.97 Å². The van der Waals surface area contributed by atoms with Crippen molar-refractivity contribution >= 4 is 27.6 Å². The first-order chi connectivity index (χ1) is 13.5. The Kier molecular flexibility index (Phi) is 7.13. The number of benzene rings is 2. The SMILES string of the molecule is COC(=O)C(C)(CCCN1CCN(c2ccccc2Br)CC1)c1ccccc1. The molecule has 1 aliphatic rings. The lowest BCUT2D eigenvalue weighted by molar-refractivity contribution is -0.147. The number of ether oxygens (including phenoxy) is 1. The van der Waals surface area contributed by atoms with Crippen molar-refractivity contribution in [1.82, 2.24) is 4.90 Å². The minimum Gasteiger partial charge on any atom is -0.468 e. The minimum absolute atomic E-state index is 0.155. The predicted octanol–water partition coefficient (Wildman–Crippen LogP) is 4.48. The molecule has 28 heavy (non-hydrogen) atoms. The third kappa shape index (κ3) is 4.76. The highest BCUT2D eigenvalue weighted by molar-refractivity contribution is 9.10. The zero-order valence-corrected chi connectivity index (χ0v) is 18.3. The molecule has 1 saturated heterocycles. The zero-order valence-electron chi connectivity index (χ0n) is 16.7. The van der Waals surface area contributed by atoms with Gasteiger partial charge in [0.25, 0.3) is 0 Å². The average molecular weight is 445 g/mol. The molecule has 0 spiro atoms. The summed E-state index contributed by atoms with van der Waals surface area (Å²) in [4.78, 5) is 17.4. The molecular formula is C23H29BrN2O2. The number of hydrogen-bond acceptors (Lipinski definition) is 4. The van der Waals surface area contributed by atoms with E-state index in [2.05, 4.69) is 50.0 Å². The van der Waals surface area contributed by atoms with Crippen LogP contribution in [-0.2, 0) is 14.9 Å². The van der Waals surface area contributed by atoms with Gasteiger partial charge in [-0.05, 0) is 59.9 Å². The zero-order chi connectivity index (χ0) is 20.0. The van der Waals surface area contributed by atoms with Crippen LogP contribution in [0.3, 0.4) is 0 Å². The summed E-state index contributed by atoms with van der Waals surface area (Å²) in [6.45, 7) is 7.14. The van der Waals surface area contributed by atoms with E-state index < -0.39 is 5.41 Å². The van der Waals surface area contributed by atoms with Gasteiger partial charge in [-0.3, -0.25) is 9.69 Å². The number of hydrogen-bond donors (Lipinski definition) is 0. The van der Waals surface area contributed by atoms with Crippen LogP contribution in [0.2, 0.25) is 0 Å². The van der Waals surface area contributed by atoms with Crippen LogP contribution in [-0.4, -0.2) is 50.7 Å². The van der Waals surface area contributed by atoms with Crippen LogP contribution >= 0.6 is 15.9 Å². The Morgan fingerprint density at radius 3 is 2.32 bits per heavy atom. The standard InChI is InChI=1S/C23H29BrN2O2/c1-23(22(27)28-2,19-9-4-3-5-10-19)13-8-14-25-15-17-26(18-16-25)21-12-7-6-11-20(21)24/h3-7,9-12H,8,13-18H2,1-2H3. The lowest BCUT2D eigenvalue weighted by Crippen LogP contribution is -2.47. The summed E-state index contributed by atoms with van der Waals surface area (Å²) < 4.78 is 6.28. The Balaban J connectivity index is 1.53. The maximum absolute atomic E-state index is 12.5. The second-order valence-corrected chi connectivity index (χ2v) is 8.43. The number of carbonyl (C=O) groups excluding carboxylic acids is 1. The fourth-order valence-electron chi connectivity index (χ4n) is 3.97. The molecule has 1 fully saturated rings. The van der Waals surface area contributed by atoms with Crippen LogP contribution in [0.5, 0.6) is 0 Å². The van der Waals surface area contributed by atoms with Gasteiger partial charge < -0.3 is 9.64 Å². The molecule has 2 aromatic carbocycles. The van der Waals surface area contributed by atoms with Crippen molar-refractivity contribution in [3.8, 4) is 0 Å². The van der Waals surface area contributed by atoms with E-state index in [0.717, 1.165) is 55.6 Å². The summed E-state index contributed by atoms with van der Waals surface area (Å²) >= 11 is 3.65. The van der Waals surface area contributed by atoms with Crippen molar-refractivity contribution in [2.45, 2.75) is 25.2 Å². The lowest BCUT2D eigenvalue weighted by atomic mass is 9.78. The number of esters is 1. The number of para-hydroxylation sites is 1. The van der Waals surface area contributed by atoms with Crippen LogP contribution in [0.15, 0.2) is 59.1 Å². The molecule has 1 atom stereocenters.